The van der Waals surface area contributed by atoms with E-state index in [0.717, 1.165) is 17.7 Å². The van der Waals surface area contributed by atoms with Crippen molar-refractivity contribution in [2.24, 2.45) is 5.92 Å². The van der Waals surface area contributed by atoms with Crippen LogP contribution < -0.4 is 14.8 Å². The number of nitrogens with one attached hydrogen (secondary N) is 1. The second kappa shape index (κ2) is 7.50. The minimum absolute atomic E-state index is 0.0584. The molecule has 27 heavy (non-hydrogen) atoms. The summed E-state index contributed by atoms with van der Waals surface area (Å²) in [6.45, 7) is 2.32. The molecule has 1 N–H and O–H groups in total. The second-order valence-electron chi connectivity index (χ2n) is 6.36. The first-order valence-corrected chi connectivity index (χ1v) is 8.62. The lowest BCUT2D eigenvalue weighted by molar-refractivity contribution is -0.137. The summed E-state index contributed by atoms with van der Waals surface area (Å²) in [5.74, 6) is 0.639. The molecular formula is C20H20F3NO3. The number of hydrogen-bond donors (Lipinski definition) is 1. The molecule has 0 aliphatic heterocycles. The van der Waals surface area contributed by atoms with E-state index in [0.29, 0.717) is 30.2 Å². The van der Waals surface area contributed by atoms with Crippen molar-refractivity contribution in [3.05, 3.63) is 53.6 Å². The molecule has 7 heteroatoms. The van der Waals surface area contributed by atoms with E-state index in [2.05, 4.69) is 5.32 Å². The van der Waals surface area contributed by atoms with E-state index in [4.69, 9.17) is 9.47 Å². The van der Waals surface area contributed by atoms with Gasteiger partial charge in [-0.1, -0.05) is 12.1 Å². The third-order valence-electron chi connectivity index (χ3n) is 4.52. The molecule has 1 saturated carbocycles. The third-order valence-corrected chi connectivity index (χ3v) is 4.52. The SMILES string of the molecule is CCOc1cc(NC(=O)C2CC2c2ccc(C(F)(F)F)cc2)ccc1OC. The highest BCUT2D eigenvalue weighted by atomic mass is 19.4. The van der Waals surface area contributed by atoms with Crippen LogP contribution in [-0.2, 0) is 11.0 Å². The number of amides is 1. The zero-order chi connectivity index (χ0) is 19.6. The van der Waals surface area contributed by atoms with Gasteiger partial charge in [0.05, 0.1) is 19.3 Å². The molecule has 4 nitrogen and oxygen atoms in total. The van der Waals surface area contributed by atoms with E-state index in [-0.39, 0.29) is 17.7 Å². The van der Waals surface area contributed by atoms with Gasteiger partial charge in [-0.25, -0.2) is 0 Å². The Morgan fingerprint density at radius 1 is 1.15 bits per heavy atom. The average Bonchev–Trinajstić information content (AvgIpc) is 3.43. The van der Waals surface area contributed by atoms with Gasteiger partial charge in [0.2, 0.25) is 5.91 Å². The summed E-state index contributed by atoms with van der Waals surface area (Å²) in [6, 6.07) is 10.1. The Hall–Kier alpha value is -2.70. The quantitative estimate of drug-likeness (QED) is 0.780. The Bertz CT molecular complexity index is 818. The lowest BCUT2D eigenvalue weighted by Crippen LogP contribution is -2.14. The molecule has 2 atom stereocenters. The summed E-state index contributed by atoms with van der Waals surface area (Å²) < 4.78 is 48.6. The zero-order valence-electron chi connectivity index (χ0n) is 15.0. The summed E-state index contributed by atoms with van der Waals surface area (Å²) in [7, 11) is 1.54. The van der Waals surface area contributed by atoms with Crippen molar-refractivity contribution in [1.29, 1.82) is 0 Å². The molecule has 0 spiro atoms. The lowest BCUT2D eigenvalue weighted by Gasteiger charge is -2.12. The monoisotopic (exact) mass is 379 g/mol. The van der Waals surface area contributed by atoms with Crippen LogP contribution in [0, 0.1) is 5.92 Å². The van der Waals surface area contributed by atoms with Gasteiger partial charge in [0, 0.05) is 17.7 Å². The number of carbonyl (C=O) groups is 1. The molecule has 2 aromatic carbocycles. The van der Waals surface area contributed by atoms with E-state index in [1.165, 1.54) is 19.2 Å². The molecule has 2 aromatic rings. The standard InChI is InChI=1S/C20H20F3NO3/c1-3-27-18-10-14(8-9-17(18)26-2)24-19(25)16-11-15(16)12-4-6-13(7-5-12)20(21,22)23/h4-10,15-16H,3,11H2,1-2H3,(H,24,25). The van der Waals surface area contributed by atoms with Crippen LogP contribution in [0.1, 0.15) is 30.4 Å². The normalized spacial score (nSPS) is 18.7. The molecule has 0 saturated heterocycles. The van der Waals surface area contributed by atoms with Gasteiger partial charge in [-0.05, 0) is 49.1 Å². The molecule has 1 fully saturated rings. The molecule has 0 aromatic heterocycles. The molecule has 0 heterocycles. The van der Waals surface area contributed by atoms with Crippen molar-refractivity contribution in [3.63, 3.8) is 0 Å². The summed E-state index contributed by atoms with van der Waals surface area (Å²) in [5.41, 5.74) is 0.643. The zero-order valence-corrected chi connectivity index (χ0v) is 15.0. The summed E-state index contributed by atoms with van der Waals surface area (Å²) in [6.07, 6.45) is -3.74. The fraction of sp³-hybridized carbons (Fsp3) is 0.350. The fourth-order valence-corrected chi connectivity index (χ4v) is 3.03. The number of alkyl halides is 3. The van der Waals surface area contributed by atoms with Gasteiger partial charge in [0.25, 0.3) is 0 Å². The number of ether oxygens (including phenoxy) is 2. The van der Waals surface area contributed by atoms with Gasteiger partial charge in [0.1, 0.15) is 0 Å². The summed E-state index contributed by atoms with van der Waals surface area (Å²) >= 11 is 0. The molecule has 144 valence electrons. The lowest BCUT2D eigenvalue weighted by atomic mass is 10.1. The Kier molecular flexibility index (Phi) is 5.30. The number of rotatable bonds is 6. The fourth-order valence-electron chi connectivity index (χ4n) is 3.03. The van der Waals surface area contributed by atoms with Crippen LogP contribution in [-0.4, -0.2) is 19.6 Å². The van der Waals surface area contributed by atoms with Crippen LogP contribution in [0.3, 0.4) is 0 Å². The van der Waals surface area contributed by atoms with Crippen LogP contribution >= 0.6 is 0 Å². The highest BCUT2D eigenvalue weighted by molar-refractivity contribution is 5.95. The predicted molar refractivity (Wildman–Crippen MR) is 95.1 cm³/mol. The van der Waals surface area contributed by atoms with Gasteiger partial charge in [-0.2, -0.15) is 13.2 Å². The van der Waals surface area contributed by atoms with E-state index in [9.17, 15) is 18.0 Å². The predicted octanol–water partition coefficient (Wildman–Crippen LogP) is 4.85. The third kappa shape index (κ3) is 4.35. The van der Waals surface area contributed by atoms with Gasteiger partial charge >= 0.3 is 6.18 Å². The van der Waals surface area contributed by atoms with E-state index < -0.39 is 11.7 Å². The molecule has 0 bridgehead atoms. The van der Waals surface area contributed by atoms with Crippen molar-refractivity contribution in [2.75, 3.05) is 19.0 Å². The van der Waals surface area contributed by atoms with Gasteiger partial charge in [-0.15, -0.1) is 0 Å². The largest absolute Gasteiger partial charge is 0.493 e. The highest BCUT2D eigenvalue weighted by Crippen LogP contribution is 2.48. The molecular weight excluding hydrogens is 359 g/mol. The highest BCUT2D eigenvalue weighted by Gasteiger charge is 2.44. The minimum Gasteiger partial charge on any atom is -0.493 e. The van der Waals surface area contributed by atoms with Crippen molar-refractivity contribution in [3.8, 4) is 11.5 Å². The number of methoxy groups -OCH3 is 1. The molecule has 3 rings (SSSR count). The average molecular weight is 379 g/mol. The number of halogens is 3. The van der Waals surface area contributed by atoms with Crippen molar-refractivity contribution >= 4 is 11.6 Å². The van der Waals surface area contributed by atoms with E-state index in [1.807, 2.05) is 6.92 Å². The smallest absolute Gasteiger partial charge is 0.416 e. The van der Waals surface area contributed by atoms with Crippen molar-refractivity contribution < 1.29 is 27.4 Å². The van der Waals surface area contributed by atoms with Crippen LogP contribution in [0.25, 0.3) is 0 Å². The van der Waals surface area contributed by atoms with Crippen LogP contribution in [0.5, 0.6) is 11.5 Å². The van der Waals surface area contributed by atoms with E-state index in [1.54, 1.807) is 18.2 Å². The Labute approximate surface area is 155 Å². The van der Waals surface area contributed by atoms with Crippen LogP contribution in [0.15, 0.2) is 42.5 Å². The number of carbonyl (C=O) groups excluding carboxylic acids is 1. The molecule has 2 unspecified atom stereocenters. The topological polar surface area (TPSA) is 47.6 Å². The Morgan fingerprint density at radius 2 is 1.85 bits per heavy atom. The minimum atomic E-state index is -4.36. The summed E-state index contributed by atoms with van der Waals surface area (Å²) in [5, 5.41) is 2.83. The number of hydrogen-bond acceptors (Lipinski definition) is 3. The van der Waals surface area contributed by atoms with Crippen LogP contribution in [0.2, 0.25) is 0 Å². The van der Waals surface area contributed by atoms with Gasteiger partial charge in [0.15, 0.2) is 11.5 Å². The molecule has 1 amide bonds. The Morgan fingerprint density at radius 3 is 2.44 bits per heavy atom. The molecule has 1 aliphatic rings. The van der Waals surface area contributed by atoms with Crippen molar-refractivity contribution in [1.82, 2.24) is 0 Å². The first-order chi connectivity index (χ1) is 12.8. The first-order valence-electron chi connectivity index (χ1n) is 8.62. The van der Waals surface area contributed by atoms with Crippen molar-refractivity contribution in [2.45, 2.75) is 25.4 Å². The van der Waals surface area contributed by atoms with E-state index >= 15 is 0 Å². The molecule has 0 radical (unpaired) electrons. The van der Waals surface area contributed by atoms with Gasteiger partial charge < -0.3 is 14.8 Å². The Balaban J connectivity index is 1.64. The van der Waals surface area contributed by atoms with Gasteiger partial charge in [-0.3, -0.25) is 4.79 Å². The maximum atomic E-state index is 12.6. The first kappa shape index (κ1) is 19.1. The number of anilines is 1. The molecule has 1 aliphatic carbocycles. The number of benzene rings is 2. The van der Waals surface area contributed by atoms with Crippen LogP contribution in [0.4, 0.5) is 18.9 Å². The maximum absolute atomic E-state index is 12.6. The summed E-state index contributed by atoms with van der Waals surface area (Å²) in [4.78, 5) is 12.4. The maximum Gasteiger partial charge on any atom is 0.416 e. The second-order valence-corrected chi connectivity index (χ2v) is 6.36.